The molecule has 3 aliphatic rings. The van der Waals surface area contributed by atoms with Gasteiger partial charge in [0.05, 0.1) is 31.7 Å². The lowest BCUT2D eigenvalue weighted by Crippen LogP contribution is -3.11. The highest BCUT2D eigenvalue weighted by Crippen LogP contribution is 2.48. The van der Waals surface area contributed by atoms with Gasteiger partial charge in [0, 0.05) is 46.1 Å². The van der Waals surface area contributed by atoms with Crippen molar-refractivity contribution in [2.24, 2.45) is 0 Å². The van der Waals surface area contributed by atoms with Crippen molar-refractivity contribution in [3.05, 3.63) is 106 Å². The standard InChI is InChI=1S/C34H39ClN2O8S2.C6H15N/c1-33(2)26-12-5-7-14-28(26)36(20-22-44-46(38,39)40)30(33)18-16-24-10-9-11-25(32(24)35)17-19-31-34(3,4)27-13-6-8-15-29(27)37(31)21-23-45-47(41,42)43;1-4-7(5-2)6-3/h5-8,12-19H,9-11,20-23H2,1-4H3,(H-,38,39,40,41,42,43);4-6H2,1-3H3. The van der Waals surface area contributed by atoms with Crippen LogP contribution in [0.25, 0.3) is 0 Å². The monoisotopic (exact) mass is 803 g/mol. The van der Waals surface area contributed by atoms with Crippen molar-refractivity contribution in [2.75, 3.05) is 50.8 Å². The average Bonchev–Trinajstić information content (AvgIpc) is 3.45. The van der Waals surface area contributed by atoms with E-state index < -0.39 is 31.6 Å². The number of nitrogens with one attached hydrogen (secondary N) is 1. The number of fused-ring (bicyclic) bond motifs is 2. The highest BCUT2D eigenvalue weighted by Gasteiger charge is 2.44. The van der Waals surface area contributed by atoms with Gasteiger partial charge in [-0.05, 0) is 82.7 Å². The second-order valence-corrected chi connectivity index (χ2v) is 17.0. The van der Waals surface area contributed by atoms with E-state index in [1.165, 1.54) is 19.6 Å². The summed E-state index contributed by atoms with van der Waals surface area (Å²) in [5, 5.41) is 0.645. The fourth-order valence-corrected chi connectivity index (χ4v) is 8.41. The molecular weight excluding hydrogens is 750 g/mol. The third-order valence-electron chi connectivity index (χ3n) is 10.5. The summed E-state index contributed by atoms with van der Waals surface area (Å²) in [5.41, 5.74) is 6.93. The molecule has 0 aromatic heterocycles. The number of hydrogen-bond acceptors (Lipinski definition) is 9. The maximum atomic E-state index is 11.1. The molecule has 1 N–H and O–H groups in total. The van der Waals surface area contributed by atoms with Gasteiger partial charge in [-0.2, -0.15) is 4.58 Å². The molecule has 0 saturated carbocycles. The second kappa shape index (κ2) is 18.2. The minimum absolute atomic E-state index is 0.174. The Morgan fingerprint density at radius 2 is 1.41 bits per heavy atom. The first-order valence-electron chi connectivity index (χ1n) is 18.5. The Bertz CT molecular complexity index is 2040. The van der Waals surface area contributed by atoms with Crippen molar-refractivity contribution in [2.45, 2.75) is 78.6 Å². The van der Waals surface area contributed by atoms with Crippen LogP contribution in [0.2, 0.25) is 0 Å². The van der Waals surface area contributed by atoms with Crippen molar-refractivity contribution >= 4 is 49.5 Å². The van der Waals surface area contributed by atoms with Gasteiger partial charge in [-0.15, -0.1) is 0 Å². The van der Waals surface area contributed by atoms with E-state index in [4.69, 9.17) is 11.6 Å². The molecular formula is C40H54ClN3O8S2. The van der Waals surface area contributed by atoms with Crippen LogP contribution in [0.4, 0.5) is 11.4 Å². The number of para-hydroxylation sites is 2. The van der Waals surface area contributed by atoms with E-state index in [2.05, 4.69) is 56.8 Å². The molecule has 0 saturated heterocycles. The normalized spacial score (nSPS) is 19.6. The molecule has 2 aromatic rings. The van der Waals surface area contributed by atoms with E-state index in [0.717, 1.165) is 64.3 Å². The van der Waals surface area contributed by atoms with Crippen LogP contribution in [0.3, 0.4) is 0 Å². The minimum atomic E-state index is -4.82. The summed E-state index contributed by atoms with van der Waals surface area (Å²) in [6.45, 7) is 18.6. The van der Waals surface area contributed by atoms with Gasteiger partial charge in [0.2, 0.25) is 26.5 Å². The zero-order valence-electron chi connectivity index (χ0n) is 32.4. The van der Waals surface area contributed by atoms with Crippen molar-refractivity contribution in [1.29, 1.82) is 0 Å². The van der Waals surface area contributed by atoms with Gasteiger partial charge in [0.15, 0.2) is 12.3 Å². The predicted molar refractivity (Wildman–Crippen MR) is 212 cm³/mol. The van der Waals surface area contributed by atoms with E-state index in [9.17, 15) is 25.9 Å². The number of rotatable bonds is 14. The summed E-state index contributed by atoms with van der Waals surface area (Å²) in [7, 11) is -9.63. The summed E-state index contributed by atoms with van der Waals surface area (Å²) >= 11 is 7.03. The van der Waals surface area contributed by atoms with Gasteiger partial charge in [-0.3, -0.25) is 8.37 Å². The molecule has 2 heterocycles. The summed E-state index contributed by atoms with van der Waals surface area (Å²) in [5.74, 6) is 0. The molecule has 14 heteroatoms. The fourth-order valence-electron chi connectivity index (χ4n) is 7.54. The first-order valence-corrected chi connectivity index (χ1v) is 21.5. The molecule has 2 aliphatic heterocycles. The lowest BCUT2D eigenvalue weighted by atomic mass is 9.81. The number of quaternary nitrogens is 1. The number of allylic oxidation sites excluding steroid dienone is 8. The zero-order chi connectivity index (χ0) is 39.9. The first kappa shape index (κ1) is 43.6. The summed E-state index contributed by atoms with van der Waals surface area (Å²) < 4.78 is 77.7. The molecule has 0 bridgehead atoms. The molecule has 11 nitrogen and oxygen atoms in total. The molecule has 0 radical (unpaired) electrons. The van der Waals surface area contributed by atoms with E-state index in [-0.39, 0.29) is 26.3 Å². The predicted octanol–water partition coefficient (Wildman–Crippen LogP) is 5.79. The van der Waals surface area contributed by atoms with Gasteiger partial charge < -0.3 is 18.9 Å². The Morgan fingerprint density at radius 1 is 0.815 bits per heavy atom. The largest absolute Gasteiger partial charge is 0.726 e. The Kier molecular flexibility index (Phi) is 14.7. The van der Waals surface area contributed by atoms with Crippen LogP contribution >= 0.6 is 11.6 Å². The number of anilines is 1. The molecule has 1 aliphatic carbocycles. The van der Waals surface area contributed by atoms with Crippen molar-refractivity contribution < 1.29 is 43.8 Å². The number of nitrogens with zero attached hydrogens (tertiary/aromatic N) is 2. The van der Waals surface area contributed by atoms with Crippen LogP contribution < -0.4 is 9.80 Å². The zero-order valence-corrected chi connectivity index (χ0v) is 34.7. The third-order valence-corrected chi connectivity index (χ3v) is 11.9. The Morgan fingerprint density at radius 3 is 2.02 bits per heavy atom. The quantitative estimate of drug-likeness (QED) is 0.143. The first-order chi connectivity index (χ1) is 25.4. The Balaban J connectivity index is 0.000000845. The Hall–Kier alpha value is -3.14. The summed E-state index contributed by atoms with van der Waals surface area (Å²) in [6, 6.07) is 15.7. The molecule has 0 atom stereocenters. The lowest BCUT2D eigenvalue weighted by Gasteiger charge is -2.27. The van der Waals surface area contributed by atoms with Crippen LogP contribution in [-0.2, 0) is 40.0 Å². The number of hydrogen-bond donors (Lipinski definition) is 1. The SMILES string of the molecule is CC1(C)C(/C=C/C2=C(Cl)C(=C/C=C3/N(CCOS(=O)(=O)[O-])c4ccccc4C3(C)C)/CCC2)=[N+](CCOS(=O)(=O)[O-])c2ccccc21.CC[NH+](CC)CC. The van der Waals surface area contributed by atoms with Gasteiger partial charge in [-0.1, -0.05) is 74.0 Å². The van der Waals surface area contributed by atoms with Gasteiger partial charge in [0.25, 0.3) is 0 Å². The average molecular weight is 804 g/mol. The van der Waals surface area contributed by atoms with E-state index in [0.29, 0.717) is 5.03 Å². The maximum Gasteiger partial charge on any atom is 0.217 e. The molecule has 0 unspecified atom stereocenters. The van der Waals surface area contributed by atoms with Crippen molar-refractivity contribution in [3.63, 3.8) is 0 Å². The molecule has 5 rings (SSSR count). The van der Waals surface area contributed by atoms with Gasteiger partial charge in [0.1, 0.15) is 6.61 Å². The summed E-state index contributed by atoms with van der Waals surface area (Å²) in [6.07, 6.45) is 10.4. The molecule has 54 heavy (non-hydrogen) atoms. The lowest BCUT2D eigenvalue weighted by molar-refractivity contribution is -0.894. The van der Waals surface area contributed by atoms with Crippen LogP contribution in [0.15, 0.2) is 94.7 Å². The third kappa shape index (κ3) is 10.6. The number of benzene rings is 2. The van der Waals surface area contributed by atoms with Gasteiger partial charge in [-0.25, -0.2) is 16.8 Å². The van der Waals surface area contributed by atoms with Crippen molar-refractivity contribution in [1.82, 2.24) is 0 Å². The molecule has 0 spiro atoms. The molecule has 2 aromatic carbocycles. The van der Waals surface area contributed by atoms with Crippen LogP contribution in [0.5, 0.6) is 0 Å². The van der Waals surface area contributed by atoms with Gasteiger partial charge >= 0.3 is 0 Å². The second-order valence-electron chi connectivity index (χ2n) is 14.5. The van der Waals surface area contributed by atoms with Crippen molar-refractivity contribution in [3.8, 4) is 0 Å². The van der Waals surface area contributed by atoms with Crippen LogP contribution in [0.1, 0.15) is 78.9 Å². The highest BCUT2D eigenvalue weighted by atomic mass is 35.5. The van der Waals surface area contributed by atoms with E-state index >= 15 is 0 Å². The topological polar surface area (TPSA) is 144 Å². The Labute approximate surface area is 327 Å². The fraction of sp³-hybridized carbons (Fsp3) is 0.475. The van der Waals surface area contributed by atoms with Crippen LogP contribution in [0, 0.1) is 0 Å². The summed E-state index contributed by atoms with van der Waals surface area (Å²) in [4.78, 5) is 3.66. The highest BCUT2D eigenvalue weighted by molar-refractivity contribution is 7.81. The van der Waals surface area contributed by atoms with Crippen LogP contribution in [-0.4, -0.2) is 82.2 Å². The van der Waals surface area contributed by atoms with E-state index in [1.807, 2.05) is 82.3 Å². The minimum Gasteiger partial charge on any atom is -0.726 e. The maximum absolute atomic E-state index is 11.1. The molecule has 296 valence electrons. The molecule has 0 fully saturated rings. The molecule has 0 amide bonds. The number of halogens is 1. The smallest absolute Gasteiger partial charge is 0.217 e. The van der Waals surface area contributed by atoms with E-state index in [1.54, 1.807) is 4.90 Å².